The highest BCUT2D eigenvalue weighted by molar-refractivity contribution is 5.91. The van der Waals surface area contributed by atoms with Crippen molar-refractivity contribution in [1.29, 1.82) is 0 Å². The third-order valence-electron chi connectivity index (χ3n) is 6.38. The molecule has 3 heterocycles. The molecular formula is C29H20N4O2. The number of aromatic nitrogens is 4. The van der Waals surface area contributed by atoms with Crippen LogP contribution in [-0.2, 0) is 6.61 Å². The van der Waals surface area contributed by atoms with E-state index in [1.807, 2.05) is 48.5 Å². The van der Waals surface area contributed by atoms with Crippen molar-refractivity contribution < 1.29 is 9.47 Å². The summed E-state index contributed by atoms with van der Waals surface area (Å²) in [6.45, 7) is 0.262. The maximum atomic E-state index is 6.47. The first-order chi connectivity index (χ1) is 17.3. The molecule has 6 nitrogen and oxygen atoms in total. The van der Waals surface area contributed by atoms with Crippen LogP contribution in [0.2, 0.25) is 0 Å². The number of hydrogen-bond acceptors (Lipinski definition) is 5. The molecule has 7 rings (SSSR count). The van der Waals surface area contributed by atoms with E-state index in [1.165, 1.54) is 0 Å². The lowest BCUT2D eigenvalue weighted by Gasteiger charge is -2.28. The third kappa shape index (κ3) is 3.30. The van der Waals surface area contributed by atoms with E-state index in [2.05, 4.69) is 58.6 Å². The van der Waals surface area contributed by atoms with Crippen molar-refractivity contribution in [1.82, 2.24) is 19.6 Å². The highest BCUT2D eigenvalue weighted by Gasteiger charge is 2.34. The van der Waals surface area contributed by atoms with E-state index in [1.54, 1.807) is 10.8 Å². The second kappa shape index (κ2) is 7.95. The van der Waals surface area contributed by atoms with Crippen LogP contribution in [0.5, 0.6) is 17.4 Å². The molecule has 168 valence electrons. The Balaban J connectivity index is 1.39. The standard InChI is InChI=1S/C29H20N4O2/c1-3-10-20(11-4-1)25-23-16-15-19-9-7-8-14-22(19)27(23)35-29-26(25)28-31-24(32-33(28)18-30-29)17-34-21-12-5-2-6-13-21/h1-16,18,25H,17H2/t25-/m0/s1. The molecule has 6 aromatic rings. The molecule has 0 saturated heterocycles. The van der Waals surface area contributed by atoms with Gasteiger partial charge in [0.2, 0.25) is 5.88 Å². The van der Waals surface area contributed by atoms with E-state index in [0.717, 1.165) is 39.0 Å². The SMILES string of the molecule is c1ccc(OCc2nc3c4c(ncn3n2)Oc2c(ccc3ccccc23)[C@@H]4c2ccccc2)cc1. The van der Waals surface area contributed by atoms with Crippen molar-refractivity contribution in [3.8, 4) is 17.4 Å². The molecule has 0 N–H and O–H groups in total. The number of rotatable bonds is 4. The molecule has 1 aliphatic rings. The first-order valence-electron chi connectivity index (χ1n) is 11.5. The minimum atomic E-state index is -0.0946. The highest BCUT2D eigenvalue weighted by atomic mass is 16.5. The maximum absolute atomic E-state index is 6.47. The van der Waals surface area contributed by atoms with Gasteiger partial charge < -0.3 is 9.47 Å². The van der Waals surface area contributed by atoms with Crippen molar-refractivity contribution in [2.24, 2.45) is 0 Å². The zero-order chi connectivity index (χ0) is 23.2. The van der Waals surface area contributed by atoms with Gasteiger partial charge in [0.05, 0.1) is 5.56 Å². The summed E-state index contributed by atoms with van der Waals surface area (Å²) in [7, 11) is 0. The van der Waals surface area contributed by atoms with Crippen LogP contribution in [0.25, 0.3) is 16.4 Å². The van der Waals surface area contributed by atoms with Crippen LogP contribution in [0.15, 0.2) is 103 Å². The van der Waals surface area contributed by atoms with Crippen LogP contribution in [0, 0.1) is 0 Å². The fraction of sp³-hybridized carbons (Fsp3) is 0.0690. The van der Waals surface area contributed by atoms with Gasteiger partial charge in [-0.25, -0.2) is 14.5 Å². The molecular weight excluding hydrogens is 436 g/mol. The van der Waals surface area contributed by atoms with Crippen LogP contribution in [0.3, 0.4) is 0 Å². The van der Waals surface area contributed by atoms with Crippen molar-refractivity contribution in [3.63, 3.8) is 0 Å². The molecule has 4 aromatic carbocycles. The van der Waals surface area contributed by atoms with Gasteiger partial charge in [0.15, 0.2) is 11.5 Å². The van der Waals surface area contributed by atoms with Gasteiger partial charge in [-0.2, -0.15) is 0 Å². The van der Waals surface area contributed by atoms with Crippen molar-refractivity contribution >= 4 is 16.4 Å². The first-order valence-corrected chi connectivity index (χ1v) is 11.5. The van der Waals surface area contributed by atoms with E-state index in [-0.39, 0.29) is 12.5 Å². The number of ether oxygens (including phenoxy) is 2. The lowest BCUT2D eigenvalue weighted by atomic mass is 9.83. The van der Waals surface area contributed by atoms with Crippen LogP contribution in [0.1, 0.15) is 28.4 Å². The van der Waals surface area contributed by atoms with E-state index in [4.69, 9.17) is 14.5 Å². The van der Waals surface area contributed by atoms with E-state index >= 15 is 0 Å². The number of benzene rings is 4. The number of para-hydroxylation sites is 1. The van der Waals surface area contributed by atoms with Crippen LogP contribution in [-0.4, -0.2) is 19.6 Å². The zero-order valence-electron chi connectivity index (χ0n) is 18.7. The Labute approximate surface area is 201 Å². The van der Waals surface area contributed by atoms with Gasteiger partial charge in [-0.3, -0.25) is 0 Å². The number of hydrogen-bond donors (Lipinski definition) is 0. The minimum absolute atomic E-state index is 0.0946. The van der Waals surface area contributed by atoms with Crippen LogP contribution < -0.4 is 9.47 Å². The fourth-order valence-electron chi connectivity index (χ4n) is 4.81. The Morgan fingerprint density at radius 2 is 1.60 bits per heavy atom. The summed E-state index contributed by atoms with van der Waals surface area (Å²) in [5.41, 5.74) is 3.85. The van der Waals surface area contributed by atoms with Crippen molar-refractivity contribution in [2.75, 3.05) is 0 Å². The van der Waals surface area contributed by atoms with Gasteiger partial charge in [0, 0.05) is 16.9 Å². The van der Waals surface area contributed by atoms with Crippen molar-refractivity contribution in [3.05, 3.63) is 126 Å². The summed E-state index contributed by atoms with van der Waals surface area (Å²) >= 11 is 0. The molecule has 35 heavy (non-hydrogen) atoms. The number of fused-ring (bicyclic) bond motifs is 6. The van der Waals surface area contributed by atoms with Gasteiger partial charge in [0.1, 0.15) is 24.4 Å². The second-order valence-corrected chi connectivity index (χ2v) is 8.51. The molecule has 2 aromatic heterocycles. The Kier molecular flexibility index (Phi) is 4.48. The van der Waals surface area contributed by atoms with Gasteiger partial charge in [-0.05, 0) is 23.1 Å². The zero-order valence-corrected chi connectivity index (χ0v) is 18.7. The lowest BCUT2D eigenvalue weighted by Crippen LogP contribution is -2.15. The summed E-state index contributed by atoms with van der Waals surface area (Å²) in [6, 6.07) is 32.6. The fourth-order valence-corrected chi connectivity index (χ4v) is 4.81. The molecule has 6 heteroatoms. The third-order valence-corrected chi connectivity index (χ3v) is 6.38. The molecule has 1 atom stereocenters. The molecule has 1 aliphatic heterocycles. The van der Waals surface area contributed by atoms with E-state index in [9.17, 15) is 0 Å². The summed E-state index contributed by atoms with van der Waals surface area (Å²) < 4.78 is 14.1. The maximum Gasteiger partial charge on any atom is 0.228 e. The van der Waals surface area contributed by atoms with Gasteiger partial charge >= 0.3 is 0 Å². The molecule has 0 saturated carbocycles. The van der Waals surface area contributed by atoms with E-state index in [0.29, 0.717) is 17.4 Å². The highest BCUT2D eigenvalue weighted by Crippen LogP contribution is 2.50. The molecule has 0 aliphatic carbocycles. The van der Waals surface area contributed by atoms with Crippen LogP contribution in [0.4, 0.5) is 0 Å². The summed E-state index contributed by atoms with van der Waals surface area (Å²) in [5.74, 6) is 2.66. The quantitative estimate of drug-likeness (QED) is 0.318. The monoisotopic (exact) mass is 456 g/mol. The first kappa shape index (κ1) is 19.7. The average molecular weight is 457 g/mol. The normalized spacial score (nSPS) is 14.3. The molecule has 0 unspecified atom stereocenters. The summed E-state index contributed by atoms with van der Waals surface area (Å²) in [5, 5.41) is 6.83. The lowest BCUT2D eigenvalue weighted by molar-refractivity contribution is 0.296. The molecule has 0 spiro atoms. The summed E-state index contributed by atoms with van der Waals surface area (Å²) in [6.07, 6.45) is 1.66. The Bertz CT molecular complexity index is 1680. The predicted octanol–water partition coefficient (Wildman–Crippen LogP) is 6.14. The Morgan fingerprint density at radius 1 is 0.829 bits per heavy atom. The Morgan fingerprint density at radius 3 is 2.46 bits per heavy atom. The van der Waals surface area contributed by atoms with Crippen LogP contribution >= 0.6 is 0 Å². The molecule has 0 fully saturated rings. The average Bonchev–Trinajstić information content (AvgIpc) is 3.35. The van der Waals surface area contributed by atoms with E-state index < -0.39 is 0 Å². The predicted molar refractivity (Wildman–Crippen MR) is 133 cm³/mol. The molecule has 0 amide bonds. The minimum Gasteiger partial charge on any atom is -0.486 e. The number of nitrogens with zero attached hydrogens (tertiary/aromatic N) is 4. The summed E-state index contributed by atoms with van der Waals surface area (Å²) in [4.78, 5) is 9.52. The van der Waals surface area contributed by atoms with Crippen molar-refractivity contribution in [2.45, 2.75) is 12.5 Å². The molecule has 0 radical (unpaired) electrons. The van der Waals surface area contributed by atoms with Gasteiger partial charge in [-0.15, -0.1) is 5.10 Å². The molecule has 0 bridgehead atoms. The smallest absolute Gasteiger partial charge is 0.228 e. The van der Waals surface area contributed by atoms with Gasteiger partial charge in [-0.1, -0.05) is 84.9 Å². The topological polar surface area (TPSA) is 61.5 Å². The largest absolute Gasteiger partial charge is 0.486 e. The second-order valence-electron chi connectivity index (χ2n) is 8.51. The Hall–Kier alpha value is -4.71. The van der Waals surface area contributed by atoms with Gasteiger partial charge in [0.25, 0.3) is 0 Å².